The van der Waals surface area contributed by atoms with Crippen molar-refractivity contribution in [2.75, 3.05) is 6.61 Å². The molecule has 1 heterocycles. The summed E-state index contributed by atoms with van der Waals surface area (Å²) in [4.78, 5) is 12.2. The Bertz CT molecular complexity index is 739. The van der Waals surface area contributed by atoms with E-state index < -0.39 is 0 Å². The van der Waals surface area contributed by atoms with Crippen LogP contribution in [0.15, 0.2) is 11.6 Å². The van der Waals surface area contributed by atoms with Crippen molar-refractivity contribution in [3.8, 4) is 0 Å². The summed E-state index contributed by atoms with van der Waals surface area (Å²) in [7, 11) is 0. The molecule has 8 atom stereocenters. The first kappa shape index (κ1) is 16.2. The Morgan fingerprint density at radius 1 is 1.11 bits per heavy atom. The predicted molar refractivity (Wildman–Crippen MR) is 104 cm³/mol. The number of allylic oxidation sites excluding steroid dienone is 1. The lowest BCUT2D eigenvalue weighted by molar-refractivity contribution is -0.162. The summed E-state index contributed by atoms with van der Waals surface area (Å²) in [5, 5.41) is 0. The second kappa shape index (κ2) is 4.91. The first-order valence-corrected chi connectivity index (χ1v) is 12.0. The van der Waals surface area contributed by atoms with E-state index >= 15 is 0 Å². The van der Waals surface area contributed by atoms with Crippen LogP contribution in [-0.2, 0) is 9.53 Å². The third-order valence-electron chi connectivity index (χ3n) is 11.0. The van der Waals surface area contributed by atoms with Crippen LogP contribution >= 0.6 is 0 Å². The van der Waals surface area contributed by atoms with Crippen molar-refractivity contribution in [1.82, 2.24) is 0 Å². The van der Waals surface area contributed by atoms with Gasteiger partial charge in [-0.25, -0.2) is 0 Å². The monoisotopic (exact) mass is 366 g/mol. The van der Waals surface area contributed by atoms with Gasteiger partial charge in [0.1, 0.15) is 0 Å². The normalized spacial score (nSPS) is 56.3. The summed E-state index contributed by atoms with van der Waals surface area (Å²) in [5.41, 5.74) is 2.83. The Morgan fingerprint density at radius 2 is 2.00 bits per heavy atom. The molecule has 146 valence electrons. The smallest absolute Gasteiger partial charge is 0.155 e. The van der Waals surface area contributed by atoms with Crippen molar-refractivity contribution in [2.45, 2.75) is 83.2 Å². The minimum absolute atomic E-state index is 0.261. The lowest BCUT2D eigenvalue weighted by Gasteiger charge is -2.60. The number of ether oxygens (including phenoxy) is 1. The van der Waals surface area contributed by atoms with Gasteiger partial charge in [-0.2, -0.15) is 0 Å². The molecule has 0 aromatic rings. The van der Waals surface area contributed by atoms with Crippen molar-refractivity contribution in [2.24, 2.45) is 46.3 Å². The summed E-state index contributed by atoms with van der Waals surface area (Å²) in [6, 6.07) is 0. The number of carbonyl (C=O) groups excluding carboxylic acids is 1. The molecule has 6 aliphatic carbocycles. The van der Waals surface area contributed by atoms with Crippen LogP contribution in [0.5, 0.6) is 0 Å². The molecule has 2 nitrogen and oxygen atoms in total. The molecule has 27 heavy (non-hydrogen) atoms. The van der Waals surface area contributed by atoms with Gasteiger partial charge in [0.2, 0.25) is 0 Å². The highest BCUT2D eigenvalue weighted by molar-refractivity contribution is 5.91. The maximum absolute atomic E-state index is 12.2. The number of fused-ring (bicyclic) bond motifs is 10. The zero-order chi connectivity index (χ0) is 18.0. The fourth-order valence-corrected chi connectivity index (χ4v) is 10.1. The average Bonchev–Trinajstić information content (AvgIpc) is 3.58. The maximum Gasteiger partial charge on any atom is 0.155 e. The minimum atomic E-state index is 0.261. The molecule has 6 fully saturated rings. The Kier molecular flexibility index (Phi) is 2.95. The van der Waals surface area contributed by atoms with Gasteiger partial charge in [-0.3, -0.25) is 4.79 Å². The van der Waals surface area contributed by atoms with Gasteiger partial charge in [0.15, 0.2) is 5.78 Å². The number of hydrogen-bond acceptors (Lipinski definition) is 2. The van der Waals surface area contributed by atoms with Crippen LogP contribution in [0.4, 0.5) is 0 Å². The highest BCUT2D eigenvalue weighted by Crippen LogP contribution is 2.81. The molecule has 0 aromatic carbocycles. The van der Waals surface area contributed by atoms with E-state index in [2.05, 4.69) is 13.0 Å². The van der Waals surface area contributed by atoms with Crippen molar-refractivity contribution in [3.05, 3.63) is 11.6 Å². The van der Waals surface area contributed by atoms with Crippen molar-refractivity contribution >= 4 is 5.78 Å². The van der Waals surface area contributed by atoms with Crippen LogP contribution in [-0.4, -0.2) is 18.0 Å². The zero-order valence-corrected chi connectivity index (χ0v) is 16.8. The van der Waals surface area contributed by atoms with Crippen molar-refractivity contribution in [3.63, 3.8) is 0 Å². The summed E-state index contributed by atoms with van der Waals surface area (Å²) >= 11 is 0. The SMILES string of the molecule is CC[C@]12CCC3C(CC4(CC4)C4=CC(=O)CC[C@@H]43)C1C1CC1[C@@]21CCCO1. The first-order valence-electron chi connectivity index (χ1n) is 12.0. The molecule has 2 spiro atoms. The van der Waals surface area contributed by atoms with E-state index in [1.165, 1.54) is 57.8 Å². The van der Waals surface area contributed by atoms with E-state index in [0.717, 1.165) is 55.0 Å². The standard InChI is InChI=1S/C25H34O2/c1-2-24-8-6-16-17-5-4-15(26)12-20(17)23(9-10-23)14-19(16)22(24)18-13-21(18)25(24)7-3-11-27-25/h12,16-19,21-22H,2-11,13-14H2,1H3/t16?,17-,18?,19?,21?,22?,24+,25+/m1/s1. The third kappa shape index (κ3) is 1.73. The van der Waals surface area contributed by atoms with E-state index in [9.17, 15) is 4.79 Å². The van der Waals surface area contributed by atoms with Gasteiger partial charge in [-0.05, 0) is 111 Å². The average molecular weight is 367 g/mol. The summed E-state index contributed by atoms with van der Waals surface area (Å²) in [5.74, 6) is 5.77. The molecule has 0 aromatic heterocycles. The van der Waals surface area contributed by atoms with E-state index in [1.54, 1.807) is 5.57 Å². The lowest BCUT2D eigenvalue weighted by Crippen LogP contribution is -2.57. The fraction of sp³-hybridized carbons (Fsp3) is 0.880. The fourth-order valence-electron chi connectivity index (χ4n) is 10.1. The number of carbonyl (C=O) groups is 1. The Labute approximate surface area is 163 Å². The van der Waals surface area contributed by atoms with E-state index in [-0.39, 0.29) is 5.60 Å². The van der Waals surface area contributed by atoms with Crippen LogP contribution in [0.1, 0.15) is 77.6 Å². The van der Waals surface area contributed by atoms with Gasteiger partial charge in [-0.15, -0.1) is 0 Å². The van der Waals surface area contributed by atoms with E-state index in [1.807, 2.05) is 0 Å². The highest BCUT2D eigenvalue weighted by atomic mass is 16.5. The minimum Gasteiger partial charge on any atom is -0.374 e. The molecule has 0 radical (unpaired) electrons. The zero-order valence-electron chi connectivity index (χ0n) is 16.8. The topological polar surface area (TPSA) is 26.3 Å². The molecule has 5 unspecified atom stereocenters. The molecule has 5 saturated carbocycles. The predicted octanol–water partition coefficient (Wildman–Crippen LogP) is 5.31. The molecule has 2 heteroatoms. The summed E-state index contributed by atoms with van der Waals surface area (Å²) < 4.78 is 6.73. The largest absolute Gasteiger partial charge is 0.374 e. The summed E-state index contributed by atoms with van der Waals surface area (Å²) in [6.07, 6.45) is 16.5. The van der Waals surface area contributed by atoms with Gasteiger partial charge in [0.25, 0.3) is 0 Å². The van der Waals surface area contributed by atoms with Crippen molar-refractivity contribution in [1.29, 1.82) is 0 Å². The maximum atomic E-state index is 12.2. The van der Waals surface area contributed by atoms with Gasteiger partial charge in [0, 0.05) is 18.4 Å². The number of hydrogen-bond donors (Lipinski definition) is 0. The van der Waals surface area contributed by atoms with E-state index in [0.29, 0.717) is 16.6 Å². The molecule has 0 bridgehead atoms. The van der Waals surface area contributed by atoms with Gasteiger partial charge in [-0.1, -0.05) is 12.5 Å². The Hall–Kier alpha value is -0.630. The van der Waals surface area contributed by atoms with Crippen molar-refractivity contribution < 1.29 is 9.53 Å². The molecule has 7 rings (SSSR count). The molecular formula is C25H34O2. The second-order valence-corrected chi connectivity index (χ2v) is 11.4. The quantitative estimate of drug-likeness (QED) is 0.628. The molecule has 1 saturated heterocycles. The Balaban J connectivity index is 1.33. The molecule has 0 amide bonds. The van der Waals surface area contributed by atoms with Gasteiger partial charge >= 0.3 is 0 Å². The Morgan fingerprint density at radius 3 is 2.74 bits per heavy atom. The molecule has 7 aliphatic rings. The van der Waals surface area contributed by atoms with Gasteiger partial charge in [0.05, 0.1) is 5.60 Å². The number of ketones is 1. The second-order valence-electron chi connectivity index (χ2n) is 11.4. The van der Waals surface area contributed by atoms with Crippen LogP contribution in [0.25, 0.3) is 0 Å². The summed E-state index contributed by atoms with van der Waals surface area (Å²) in [6.45, 7) is 3.51. The van der Waals surface area contributed by atoms with Gasteiger partial charge < -0.3 is 4.74 Å². The molecule has 0 N–H and O–H groups in total. The van der Waals surface area contributed by atoms with E-state index in [4.69, 9.17) is 4.74 Å². The molecule has 1 aliphatic heterocycles. The number of rotatable bonds is 1. The molecular weight excluding hydrogens is 332 g/mol. The van der Waals surface area contributed by atoms with Crippen LogP contribution in [0, 0.1) is 46.3 Å². The highest BCUT2D eigenvalue weighted by Gasteiger charge is 2.78. The van der Waals surface area contributed by atoms with Crippen LogP contribution in [0.3, 0.4) is 0 Å². The lowest BCUT2D eigenvalue weighted by atomic mass is 9.46. The third-order valence-corrected chi connectivity index (χ3v) is 11.0. The van der Waals surface area contributed by atoms with Crippen LogP contribution < -0.4 is 0 Å². The first-order chi connectivity index (χ1) is 13.1. The van der Waals surface area contributed by atoms with Crippen LogP contribution in [0.2, 0.25) is 0 Å².